The third-order valence-corrected chi connectivity index (χ3v) is 3.39. The predicted molar refractivity (Wildman–Crippen MR) is 81.8 cm³/mol. The molecule has 0 aliphatic rings. The molecular weight excluding hydrogens is 252 g/mol. The van der Waals surface area contributed by atoms with Crippen molar-refractivity contribution < 1.29 is 14.6 Å². The fraction of sp³-hybridized carbons (Fsp3) is 0.588. The second-order valence-electron chi connectivity index (χ2n) is 6.05. The van der Waals surface area contributed by atoms with Gasteiger partial charge in [-0.2, -0.15) is 0 Å². The molecule has 0 fully saturated rings. The van der Waals surface area contributed by atoms with Crippen molar-refractivity contribution in [3.63, 3.8) is 0 Å². The van der Waals surface area contributed by atoms with Crippen molar-refractivity contribution in [3.8, 4) is 5.75 Å². The van der Waals surface area contributed by atoms with Gasteiger partial charge in [0.2, 0.25) is 0 Å². The first-order chi connectivity index (χ1) is 9.32. The van der Waals surface area contributed by atoms with Crippen LogP contribution >= 0.6 is 0 Å². The van der Waals surface area contributed by atoms with E-state index in [0.717, 1.165) is 29.7 Å². The molecule has 1 N–H and O–H groups in total. The van der Waals surface area contributed by atoms with Gasteiger partial charge in [0.1, 0.15) is 5.75 Å². The van der Waals surface area contributed by atoms with E-state index in [0.29, 0.717) is 18.1 Å². The molecular formula is C17H26O3. The molecule has 0 spiro atoms. The summed E-state index contributed by atoms with van der Waals surface area (Å²) < 4.78 is 5.87. The molecule has 0 aliphatic heterocycles. The van der Waals surface area contributed by atoms with Crippen molar-refractivity contribution in [1.82, 2.24) is 0 Å². The molecule has 0 atom stereocenters. The average molecular weight is 278 g/mol. The summed E-state index contributed by atoms with van der Waals surface area (Å²) in [4.78, 5) is 11.2. The van der Waals surface area contributed by atoms with Gasteiger partial charge in [-0.25, -0.2) is 4.79 Å². The molecule has 0 heterocycles. The first kappa shape index (κ1) is 16.5. The first-order valence-electron chi connectivity index (χ1n) is 7.33. The zero-order chi connectivity index (χ0) is 15.3. The van der Waals surface area contributed by atoms with Crippen molar-refractivity contribution in [2.45, 2.75) is 53.4 Å². The SMILES string of the molecule is Cc1cc(OCCCC(C)C)c(C(C)C)cc1C(=O)O. The van der Waals surface area contributed by atoms with Gasteiger partial charge in [0, 0.05) is 0 Å². The van der Waals surface area contributed by atoms with E-state index in [4.69, 9.17) is 4.74 Å². The lowest BCUT2D eigenvalue weighted by Gasteiger charge is -2.17. The van der Waals surface area contributed by atoms with Gasteiger partial charge in [-0.1, -0.05) is 27.7 Å². The standard InChI is InChI=1S/C17H26O3/c1-11(2)7-6-8-20-16-9-13(5)15(17(18)19)10-14(16)12(3)4/h9-12H,6-8H2,1-5H3,(H,18,19). The first-order valence-corrected chi connectivity index (χ1v) is 7.33. The van der Waals surface area contributed by atoms with Crippen LogP contribution in [0.25, 0.3) is 0 Å². The van der Waals surface area contributed by atoms with E-state index in [1.165, 1.54) is 0 Å². The number of carboxylic acid groups (broad SMARTS) is 1. The molecule has 0 saturated carbocycles. The summed E-state index contributed by atoms with van der Waals surface area (Å²) in [6, 6.07) is 3.61. The third-order valence-electron chi connectivity index (χ3n) is 3.39. The van der Waals surface area contributed by atoms with Crippen LogP contribution in [0.4, 0.5) is 0 Å². The van der Waals surface area contributed by atoms with Crippen LogP contribution in [0.2, 0.25) is 0 Å². The quantitative estimate of drug-likeness (QED) is 0.739. The molecule has 0 radical (unpaired) electrons. The minimum atomic E-state index is -0.879. The Morgan fingerprint density at radius 3 is 2.40 bits per heavy atom. The number of hydrogen-bond acceptors (Lipinski definition) is 2. The molecule has 0 bridgehead atoms. The number of carbonyl (C=O) groups is 1. The highest BCUT2D eigenvalue weighted by Gasteiger charge is 2.15. The number of carboxylic acids is 1. The molecule has 112 valence electrons. The molecule has 1 rings (SSSR count). The van der Waals surface area contributed by atoms with Crippen LogP contribution in [0.15, 0.2) is 12.1 Å². The van der Waals surface area contributed by atoms with Crippen LogP contribution in [0.5, 0.6) is 5.75 Å². The second kappa shape index (κ2) is 7.32. The minimum Gasteiger partial charge on any atom is -0.493 e. The van der Waals surface area contributed by atoms with E-state index < -0.39 is 5.97 Å². The monoisotopic (exact) mass is 278 g/mol. The largest absolute Gasteiger partial charge is 0.493 e. The Kier molecular flexibility index (Phi) is 6.05. The van der Waals surface area contributed by atoms with Gasteiger partial charge < -0.3 is 9.84 Å². The smallest absolute Gasteiger partial charge is 0.335 e. The number of hydrogen-bond donors (Lipinski definition) is 1. The lowest BCUT2D eigenvalue weighted by Crippen LogP contribution is -2.07. The molecule has 0 unspecified atom stereocenters. The fourth-order valence-electron chi connectivity index (χ4n) is 2.18. The number of ether oxygens (including phenoxy) is 1. The summed E-state index contributed by atoms with van der Waals surface area (Å²) in [6.45, 7) is 11.0. The predicted octanol–water partition coefficient (Wildman–Crippen LogP) is 4.63. The summed E-state index contributed by atoms with van der Waals surface area (Å²) in [5.41, 5.74) is 2.08. The summed E-state index contributed by atoms with van der Waals surface area (Å²) in [6.07, 6.45) is 2.16. The lowest BCUT2D eigenvalue weighted by atomic mass is 9.96. The maximum Gasteiger partial charge on any atom is 0.335 e. The molecule has 0 saturated heterocycles. The molecule has 0 amide bonds. The fourth-order valence-corrected chi connectivity index (χ4v) is 2.18. The molecule has 20 heavy (non-hydrogen) atoms. The third kappa shape index (κ3) is 4.55. The van der Waals surface area contributed by atoms with E-state index in [2.05, 4.69) is 27.7 Å². The van der Waals surface area contributed by atoms with Gasteiger partial charge in [-0.05, 0) is 54.9 Å². The maximum absolute atomic E-state index is 11.2. The van der Waals surface area contributed by atoms with Crippen LogP contribution in [-0.4, -0.2) is 17.7 Å². The molecule has 3 nitrogen and oxygen atoms in total. The summed E-state index contributed by atoms with van der Waals surface area (Å²) in [5, 5.41) is 9.20. The van der Waals surface area contributed by atoms with Gasteiger partial charge in [-0.3, -0.25) is 0 Å². The molecule has 1 aromatic carbocycles. The highest BCUT2D eigenvalue weighted by molar-refractivity contribution is 5.90. The Balaban J connectivity index is 2.89. The van der Waals surface area contributed by atoms with Crippen molar-refractivity contribution in [2.24, 2.45) is 5.92 Å². The Hall–Kier alpha value is -1.51. The highest BCUT2D eigenvalue weighted by Crippen LogP contribution is 2.30. The van der Waals surface area contributed by atoms with Crippen LogP contribution in [0.3, 0.4) is 0 Å². The van der Waals surface area contributed by atoms with Crippen LogP contribution in [0, 0.1) is 12.8 Å². The normalized spacial score (nSPS) is 11.2. The summed E-state index contributed by atoms with van der Waals surface area (Å²) in [5.74, 6) is 0.870. The molecule has 0 aromatic heterocycles. The van der Waals surface area contributed by atoms with Gasteiger partial charge in [0.05, 0.1) is 12.2 Å². The number of benzene rings is 1. The summed E-state index contributed by atoms with van der Waals surface area (Å²) in [7, 11) is 0. The van der Waals surface area contributed by atoms with Crippen molar-refractivity contribution in [2.75, 3.05) is 6.61 Å². The molecule has 1 aromatic rings. The van der Waals surface area contributed by atoms with E-state index >= 15 is 0 Å². The topological polar surface area (TPSA) is 46.5 Å². The Morgan fingerprint density at radius 2 is 1.90 bits per heavy atom. The zero-order valence-electron chi connectivity index (χ0n) is 13.2. The molecule has 3 heteroatoms. The van der Waals surface area contributed by atoms with Crippen LogP contribution in [-0.2, 0) is 0 Å². The van der Waals surface area contributed by atoms with Gasteiger partial charge >= 0.3 is 5.97 Å². The van der Waals surface area contributed by atoms with Gasteiger partial charge in [0.15, 0.2) is 0 Å². The maximum atomic E-state index is 11.2. The Morgan fingerprint density at radius 1 is 1.25 bits per heavy atom. The van der Waals surface area contributed by atoms with Crippen LogP contribution < -0.4 is 4.74 Å². The average Bonchev–Trinajstić information content (AvgIpc) is 2.33. The highest BCUT2D eigenvalue weighted by atomic mass is 16.5. The Labute approximate surface area is 122 Å². The second-order valence-corrected chi connectivity index (χ2v) is 6.05. The van der Waals surface area contributed by atoms with Crippen molar-refractivity contribution in [1.29, 1.82) is 0 Å². The van der Waals surface area contributed by atoms with Gasteiger partial charge in [-0.15, -0.1) is 0 Å². The van der Waals surface area contributed by atoms with Crippen molar-refractivity contribution >= 4 is 5.97 Å². The van der Waals surface area contributed by atoms with E-state index in [1.807, 2.05) is 13.0 Å². The summed E-state index contributed by atoms with van der Waals surface area (Å²) >= 11 is 0. The molecule has 0 aliphatic carbocycles. The lowest BCUT2D eigenvalue weighted by molar-refractivity contribution is 0.0696. The van der Waals surface area contributed by atoms with Crippen LogP contribution in [0.1, 0.15) is 67.9 Å². The number of aryl methyl sites for hydroxylation is 1. The van der Waals surface area contributed by atoms with Gasteiger partial charge in [0.25, 0.3) is 0 Å². The minimum absolute atomic E-state index is 0.244. The van der Waals surface area contributed by atoms with E-state index in [1.54, 1.807) is 6.07 Å². The zero-order valence-corrected chi connectivity index (χ0v) is 13.2. The number of rotatable bonds is 7. The number of aromatic carboxylic acids is 1. The Bertz CT molecular complexity index is 462. The van der Waals surface area contributed by atoms with E-state index in [9.17, 15) is 9.90 Å². The van der Waals surface area contributed by atoms with E-state index in [-0.39, 0.29) is 5.92 Å². The van der Waals surface area contributed by atoms with Crippen molar-refractivity contribution in [3.05, 3.63) is 28.8 Å².